The van der Waals surface area contributed by atoms with Gasteiger partial charge >= 0.3 is 50.5 Å². The molecule has 0 spiro atoms. The molecule has 0 rings (SSSR count). The molecule has 0 aromatic rings. The van der Waals surface area contributed by atoms with Crippen LogP contribution in [-0.4, -0.2) is 41.9 Å². The summed E-state index contributed by atoms with van der Waals surface area (Å²) >= 11 is 1.72. The van der Waals surface area contributed by atoms with Gasteiger partial charge in [0, 0.05) is 56.4 Å². The Bertz CT molecular complexity index is 463. The average molecular weight is 466 g/mol. The molecule has 10 nitrogen and oxygen atoms in total. The van der Waals surface area contributed by atoms with E-state index in [0.717, 1.165) is 6.61 Å². The van der Waals surface area contributed by atoms with Crippen LogP contribution in [0.3, 0.4) is 0 Å². The van der Waals surface area contributed by atoms with E-state index in [-0.39, 0.29) is 36.6 Å². The van der Waals surface area contributed by atoms with Crippen LogP contribution in [0.25, 0.3) is 0 Å². The minimum Gasteiger partial charge on any atom is -0.550 e. The number of ketones is 3. The second-order valence-electron chi connectivity index (χ2n) is 6.03. The molecule has 0 aliphatic carbocycles. The monoisotopic (exact) mass is 466 g/mol. The molecule has 0 saturated heterocycles. The first-order chi connectivity index (χ1) is 13.8. The standard InChI is InChI=1S/3C5H8O3.C4H9O.Ti/c3*1-2-4(6)3-5(7)8;1-4(2)3-5;/h3*2-3H2,1H3,(H,7,8);4H,3H2,1-2H3;/q;;;-1;+4/p-3. The summed E-state index contributed by atoms with van der Waals surface area (Å²) in [6.45, 7) is 9.98. The van der Waals surface area contributed by atoms with Crippen LogP contribution in [0, 0.1) is 5.92 Å². The Labute approximate surface area is 189 Å². The van der Waals surface area contributed by atoms with E-state index in [2.05, 4.69) is 13.8 Å². The zero-order chi connectivity index (χ0) is 24.7. The topological polar surface area (TPSA) is 181 Å². The maximum atomic E-state index is 10.2. The number of carbonyl (C=O) groups is 6. The van der Waals surface area contributed by atoms with Crippen molar-refractivity contribution in [1.29, 1.82) is 0 Å². The van der Waals surface area contributed by atoms with E-state index in [1.807, 2.05) is 0 Å². The molecular formula is C19H30O10Ti. The van der Waals surface area contributed by atoms with E-state index in [9.17, 15) is 44.1 Å². The van der Waals surface area contributed by atoms with Gasteiger partial charge in [0.15, 0.2) is 0 Å². The molecule has 0 aromatic carbocycles. The van der Waals surface area contributed by atoms with Crippen molar-refractivity contribution in [2.24, 2.45) is 5.92 Å². The van der Waals surface area contributed by atoms with Gasteiger partial charge in [-0.2, -0.15) is 0 Å². The van der Waals surface area contributed by atoms with Crippen LogP contribution >= 0.6 is 0 Å². The van der Waals surface area contributed by atoms with E-state index in [1.165, 1.54) is 0 Å². The van der Waals surface area contributed by atoms with Crippen molar-refractivity contribution < 1.29 is 68.2 Å². The van der Waals surface area contributed by atoms with Gasteiger partial charge in [0.1, 0.15) is 17.3 Å². The molecule has 170 valence electrons. The molecule has 0 fully saturated rings. The second-order valence-corrected chi connectivity index (χ2v) is 6.48. The number of hydrogen-bond acceptors (Lipinski definition) is 10. The fraction of sp³-hybridized carbons (Fsp3) is 0.684. The fourth-order valence-corrected chi connectivity index (χ4v) is 1.55. The Morgan fingerprint density at radius 1 is 0.667 bits per heavy atom. The van der Waals surface area contributed by atoms with E-state index in [4.69, 9.17) is 3.32 Å². The van der Waals surface area contributed by atoms with Crippen molar-refractivity contribution in [3.8, 4) is 0 Å². The normalized spacial score (nSPS) is 8.93. The van der Waals surface area contributed by atoms with Crippen molar-refractivity contribution in [3.05, 3.63) is 0 Å². The Balaban J connectivity index is -0.000000151. The summed E-state index contributed by atoms with van der Waals surface area (Å²) in [5.41, 5.74) is 0. The van der Waals surface area contributed by atoms with E-state index in [0.29, 0.717) is 5.92 Å². The van der Waals surface area contributed by atoms with Gasteiger partial charge in [0.2, 0.25) is 0 Å². The molecule has 0 atom stereocenters. The molecule has 30 heavy (non-hydrogen) atoms. The minimum atomic E-state index is -1.29. The fourth-order valence-electron chi connectivity index (χ4n) is 1.02. The van der Waals surface area contributed by atoms with Gasteiger partial charge in [-0.05, 0) is 0 Å². The summed E-state index contributed by atoms with van der Waals surface area (Å²) in [5.74, 6) is -4.07. The van der Waals surface area contributed by atoms with Crippen LogP contribution in [-0.2, 0) is 52.9 Å². The number of hydrogen-bond donors (Lipinski definition) is 0. The number of carbonyl (C=O) groups excluding carboxylic acids is 6. The third-order valence-corrected chi connectivity index (χ3v) is 2.88. The van der Waals surface area contributed by atoms with Crippen molar-refractivity contribution in [3.63, 3.8) is 0 Å². The molecule has 0 aliphatic heterocycles. The smallest absolute Gasteiger partial charge is 0.138 e. The Morgan fingerprint density at radius 2 is 0.900 bits per heavy atom. The molecule has 0 aromatic heterocycles. The molecule has 0 N–H and O–H groups in total. The van der Waals surface area contributed by atoms with E-state index < -0.39 is 37.2 Å². The van der Waals surface area contributed by atoms with Crippen molar-refractivity contribution in [2.45, 2.75) is 73.1 Å². The molecule has 0 unspecified atom stereocenters. The van der Waals surface area contributed by atoms with Crippen molar-refractivity contribution in [1.82, 2.24) is 0 Å². The van der Waals surface area contributed by atoms with E-state index in [1.54, 1.807) is 41.6 Å². The van der Waals surface area contributed by atoms with Gasteiger partial charge in [-0.1, -0.05) is 20.8 Å². The number of Topliss-reactive ketones (excluding diaryl/α,β-unsaturated/α-hetero) is 3. The summed E-state index contributed by atoms with van der Waals surface area (Å²) in [5, 5.41) is 28.9. The molecule has 0 radical (unpaired) electrons. The van der Waals surface area contributed by atoms with Crippen LogP contribution in [0.4, 0.5) is 0 Å². The largest absolute Gasteiger partial charge is 0.550 e. The molecule has 0 saturated carbocycles. The van der Waals surface area contributed by atoms with Gasteiger partial charge in [-0.15, -0.1) is 0 Å². The number of carboxylic acids is 3. The SMILES string of the molecule is CC(C)C[O][Ti+3].CCC(=O)CC(=O)[O-].CCC(=O)CC(=O)[O-].CCC(=O)CC(=O)[O-]. The van der Waals surface area contributed by atoms with Crippen LogP contribution in [0.1, 0.15) is 73.1 Å². The van der Waals surface area contributed by atoms with Gasteiger partial charge < -0.3 is 29.7 Å². The number of rotatable bonds is 11. The summed E-state index contributed by atoms with van der Waals surface area (Å²) in [6, 6.07) is 0. The summed E-state index contributed by atoms with van der Waals surface area (Å²) in [7, 11) is 0. The van der Waals surface area contributed by atoms with Crippen LogP contribution in [0.15, 0.2) is 0 Å². The third kappa shape index (κ3) is 45.1. The molecular weight excluding hydrogens is 436 g/mol. The summed E-state index contributed by atoms with van der Waals surface area (Å²) < 4.78 is 4.80. The molecule has 0 heterocycles. The first-order valence-corrected chi connectivity index (χ1v) is 9.83. The second kappa shape index (κ2) is 25.1. The Kier molecular flexibility index (Phi) is 29.8. The Hall–Kier alpha value is -1.91. The summed E-state index contributed by atoms with van der Waals surface area (Å²) in [4.78, 5) is 59.5. The van der Waals surface area contributed by atoms with Crippen LogP contribution in [0.5, 0.6) is 0 Å². The van der Waals surface area contributed by atoms with Gasteiger partial charge in [-0.3, -0.25) is 14.4 Å². The van der Waals surface area contributed by atoms with Crippen molar-refractivity contribution in [2.75, 3.05) is 6.61 Å². The molecule has 0 amide bonds. The zero-order valence-corrected chi connectivity index (χ0v) is 19.7. The maximum absolute atomic E-state index is 10.2. The minimum absolute atomic E-state index is 0.272. The quantitative estimate of drug-likeness (QED) is 0.255. The molecule has 11 heteroatoms. The molecule has 0 aliphatic rings. The maximum Gasteiger partial charge on any atom is 0.138 e. The molecule has 0 bridgehead atoms. The first-order valence-electron chi connectivity index (χ1n) is 9.20. The number of aliphatic carboxylic acids is 3. The zero-order valence-electron chi connectivity index (χ0n) is 18.1. The van der Waals surface area contributed by atoms with Crippen molar-refractivity contribution >= 4 is 35.3 Å². The third-order valence-electron chi connectivity index (χ3n) is 2.62. The first kappa shape index (κ1) is 35.5. The van der Waals surface area contributed by atoms with E-state index >= 15 is 0 Å². The van der Waals surface area contributed by atoms with Gasteiger partial charge in [0.05, 0.1) is 0 Å². The number of carboxylic acid groups (broad SMARTS) is 3. The predicted molar refractivity (Wildman–Crippen MR) is 95.6 cm³/mol. The summed E-state index contributed by atoms with van der Waals surface area (Å²) in [6.07, 6.45) is -0.528. The van der Waals surface area contributed by atoms with Gasteiger partial charge in [0.25, 0.3) is 0 Å². The average Bonchev–Trinajstić information content (AvgIpc) is 2.61. The predicted octanol–water partition coefficient (Wildman–Crippen LogP) is -1.56. The Morgan fingerprint density at radius 3 is 0.933 bits per heavy atom. The van der Waals surface area contributed by atoms with Crippen LogP contribution in [0.2, 0.25) is 0 Å². The van der Waals surface area contributed by atoms with Crippen LogP contribution < -0.4 is 15.3 Å². The van der Waals surface area contributed by atoms with Gasteiger partial charge in [-0.25, -0.2) is 0 Å².